The molecule has 2 N–H and O–H groups in total. The van der Waals surface area contributed by atoms with Crippen LogP contribution in [-0.2, 0) is 6.42 Å². The number of nitrogens with one attached hydrogen (secondary N) is 1. The monoisotopic (exact) mass is 273 g/mol. The lowest BCUT2D eigenvalue weighted by molar-refractivity contribution is 0.0695. The highest BCUT2D eigenvalue weighted by Crippen LogP contribution is 2.12. The molecule has 0 unspecified atom stereocenters. The van der Waals surface area contributed by atoms with E-state index in [0.717, 1.165) is 5.56 Å². The lowest BCUT2D eigenvalue weighted by atomic mass is 10.0. The minimum atomic E-state index is -0.913. The van der Waals surface area contributed by atoms with Crippen LogP contribution in [0.4, 0.5) is 5.82 Å². The van der Waals surface area contributed by atoms with Gasteiger partial charge in [0.15, 0.2) is 0 Å². The number of carboxylic acid groups (broad SMARTS) is 1. The van der Waals surface area contributed by atoms with Gasteiger partial charge in [0.05, 0.1) is 12.7 Å². The highest BCUT2D eigenvalue weighted by atomic mass is 16.5. The van der Waals surface area contributed by atoms with E-state index in [2.05, 4.69) is 15.3 Å². The quantitative estimate of drug-likeness (QED) is 0.835. The molecule has 0 spiro atoms. The average molecular weight is 273 g/mol. The number of carbonyl (C=O) groups is 1. The third-order valence-corrected chi connectivity index (χ3v) is 2.80. The first-order valence-corrected chi connectivity index (χ1v) is 6.12. The molecule has 0 fully saturated rings. The van der Waals surface area contributed by atoms with Gasteiger partial charge in [-0.25, -0.2) is 14.8 Å². The number of carboxylic acids is 1. The van der Waals surface area contributed by atoms with E-state index in [-0.39, 0.29) is 0 Å². The lowest BCUT2D eigenvalue weighted by Gasteiger charge is -2.08. The van der Waals surface area contributed by atoms with Crippen molar-refractivity contribution in [3.05, 3.63) is 47.8 Å². The van der Waals surface area contributed by atoms with Gasteiger partial charge in [-0.1, -0.05) is 18.2 Å². The minimum absolute atomic E-state index is 0.328. The predicted octanol–water partition coefficient (Wildman–Crippen LogP) is 1.84. The van der Waals surface area contributed by atoms with Crippen molar-refractivity contribution < 1.29 is 14.6 Å². The molecule has 1 aromatic heterocycles. The summed E-state index contributed by atoms with van der Waals surface area (Å²) in [7, 11) is 1.54. The third kappa shape index (κ3) is 3.44. The first-order chi connectivity index (χ1) is 9.70. The van der Waals surface area contributed by atoms with E-state index < -0.39 is 5.97 Å². The van der Waals surface area contributed by atoms with Gasteiger partial charge in [0.2, 0.25) is 5.88 Å². The highest BCUT2D eigenvalue weighted by molar-refractivity contribution is 5.89. The minimum Gasteiger partial charge on any atom is -0.481 e. The van der Waals surface area contributed by atoms with Crippen molar-refractivity contribution in [1.82, 2.24) is 9.97 Å². The van der Waals surface area contributed by atoms with Crippen LogP contribution in [0.25, 0.3) is 0 Å². The SMILES string of the molecule is COc1cc(NCCc2ccccc2C(=O)O)ncn1. The molecule has 6 heteroatoms. The molecule has 6 nitrogen and oxygen atoms in total. The summed E-state index contributed by atoms with van der Waals surface area (Å²) in [5.41, 5.74) is 1.11. The van der Waals surface area contributed by atoms with Crippen LogP contribution in [0.2, 0.25) is 0 Å². The van der Waals surface area contributed by atoms with Gasteiger partial charge in [0, 0.05) is 12.6 Å². The Labute approximate surface area is 116 Å². The summed E-state index contributed by atoms with van der Waals surface area (Å²) in [6.07, 6.45) is 2.00. The molecule has 2 aromatic rings. The standard InChI is InChI=1S/C14H15N3O3/c1-20-13-8-12(16-9-17-13)15-7-6-10-4-2-3-5-11(10)14(18)19/h2-5,8-9H,6-7H2,1H3,(H,18,19)(H,15,16,17). The number of methoxy groups -OCH3 is 1. The number of hydrogen-bond acceptors (Lipinski definition) is 5. The van der Waals surface area contributed by atoms with E-state index in [0.29, 0.717) is 30.2 Å². The molecular formula is C14H15N3O3. The van der Waals surface area contributed by atoms with Gasteiger partial charge < -0.3 is 15.2 Å². The summed E-state index contributed by atoms with van der Waals surface area (Å²) in [6.45, 7) is 0.574. The van der Waals surface area contributed by atoms with Gasteiger partial charge in [-0.3, -0.25) is 0 Å². The Balaban J connectivity index is 1.97. The van der Waals surface area contributed by atoms with Crippen LogP contribution in [0.15, 0.2) is 36.7 Å². The van der Waals surface area contributed by atoms with Crippen LogP contribution >= 0.6 is 0 Å². The van der Waals surface area contributed by atoms with E-state index >= 15 is 0 Å². The lowest BCUT2D eigenvalue weighted by Crippen LogP contribution is -2.10. The summed E-state index contributed by atoms with van der Waals surface area (Å²) < 4.78 is 5.00. The summed E-state index contributed by atoms with van der Waals surface area (Å²) in [5, 5.41) is 12.2. The Morgan fingerprint density at radius 2 is 2.15 bits per heavy atom. The van der Waals surface area contributed by atoms with Crippen molar-refractivity contribution >= 4 is 11.8 Å². The summed E-state index contributed by atoms with van der Waals surface area (Å²) >= 11 is 0. The second-order valence-electron chi connectivity index (χ2n) is 4.08. The number of hydrogen-bond donors (Lipinski definition) is 2. The van der Waals surface area contributed by atoms with Gasteiger partial charge in [-0.05, 0) is 18.1 Å². The van der Waals surface area contributed by atoms with Crippen molar-refractivity contribution in [3.8, 4) is 5.88 Å². The zero-order valence-corrected chi connectivity index (χ0v) is 11.0. The van der Waals surface area contributed by atoms with Crippen molar-refractivity contribution in [1.29, 1.82) is 0 Å². The fraction of sp³-hybridized carbons (Fsp3) is 0.214. The van der Waals surface area contributed by atoms with Crippen LogP contribution in [-0.4, -0.2) is 34.7 Å². The second-order valence-corrected chi connectivity index (χ2v) is 4.08. The molecule has 1 heterocycles. The molecule has 20 heavy (non-hydrogen) atoms. The third-order valence-electron chi connectivity index (χ3n) is 2.80. The first-order valence-electron chi connectivity index (χ1n) is 6.12. The topological polar surface area (TPSA) is 84.3 Å². The van der Waals surface area contributed by atoms with Gasteiger partial charge in [-0.2, -0.15) is 0 Å². The molecule has 0 aliphatic heterocycles. The molecule has 0 aliphatic carbocycles. The number of aromatic nitrogens is 2. The van der Waals surface area contributed by atoms with Crippen molar-refractivity contribution in [2.75, 3.05) is 19.0 Å². The Kier molecular flexibility index (Phi) is 4.49. The van der Waals surface area contributed by atoms with E-state index in [9.17, 15) is 4.79 Å². The number of rotatable bonds is 6. The Bertz CT molecular complexity index is 602. The Morgan fingerprint density at radius 3 is 2.90 bits per heavy atom. The Hall–Kier alpha value is -2.63. The molecule has 0 saturated carbocycles. The predicted molar refractivity (Wildman–Crippen MR) is 74.2 cm³/mol. The number of anilines is 1. The molecule has 0 bridgehead atoms. The number of aromatic carboxylic acids is 1. The van der Waals surface area contributed by atoms with Gasteiger partial charge in [0.1, 0.15) is 12.1 Å². The van der Waals surface area contributed by atoms with Gasteiger partial charge >= 0.3 is 5.97 Å². The highest BCUT2D eigenvalue weighted by Gasteiger charge is 2.08. The summed E-state index contributed by atoms with van der Waals surface area (Å²) in [4.78, 5) is 19.0. The smallest absolute Gasteiger partial charge is 0.335 e. The van der Waals surface area contributed by atoms with E-state index in [1.165, 1.54) is 13.4 Å². The van der Waals surface area contributed by atoms with Crippen molar-refractivity contribution in [2.45, 2.75) is 6.42 Å². The van der Waals surface area contributed by atoms with Crippen LogP contribution in [0.5, 0.6) is 5.88 Å². The maximum atomic E-state index is 11.1. The van der Waals surface area contributed by atoms with E-state index in [1.54, 1.807) is 18.2 Å². The zero-order chi connectivity index (χ0) is 14.4. The molecule has 1 aromatic carbocycles. The second kappa shape index (κ2) is 6.51. The van der Waals surface area contributed by atoms with Crippen LogP contribution < -0.4 is 10.1 Å². The molecule has 0 amide bonds. The number of ether oxygens (including phenoxy) is 1. The summed E-state index contributed by atoms with van der Waals surface area (Å²) in [6, 6.07) is 8.64. The molecule has 2 rings (SSSR count). The van der Waals surface area contributed by atoms with E-state index in [1.807, 2.05) is 12.1 Å². The van der Waals surface area contributed by atoms with E-state index in [4.69, 9.17) is 9.84 Å². The largest absolute Gasteiger partial charge is 0.481 e. The number of nitrogens with zero attached hydrogens (tertiary/aromatic N) is 2. The van der Waals surface area contributed by atoms with Gasteiger partial charge in [-0.15, -0.1) is 0 Å². The molecular weight excluding hydrogens is 258 g/mol. The Morgan fingerprint density at radius 1 is 1.35 bits per heavy atom. The van der Waals surface area contributed by atoms with Crippen molar-refractivity contribution in [3.63, 3.8) is 0 Å². The zero-order valence-electron chi connectivity index (χ0n) is 11.0. The fourth-order valence-corrected chi connectivity index (χ4v) is 1.82. The molecule has 0 saturated heterocycles. The summed E-state index contributed by atoms with van der Waals surface area (Å²) in [5.74, 6) is 0.211. The maximum absolute atomic E-state index is 11.1. The van der Waals surface area contributed by atoms with Crippen molar-refractivity contribution in [2.24, 2.45) is 0 Å². The van der Waals surface area contributed by atoms with Gasteiger partial charge in [0.25, 0.3) is 0 Å². The molecule has 0 radical (unpaired) electrons. The fourth-order valence-electron chi connectivity index (χ4n) is 1.82. The number of benzene rings is 1. The molecule has 0 atom stereocenters. The molecule has 0 aliphatic rings. The maximum Gasteiger partial charge on any atom is 0.335 e. The molecule has 104 valence electrons. The first kappa shape index (κ1) is 13.8. The van der Waals surface area contributed by atoms with Crippen LogP contribution in [0.3, 0.4) is 0 Å². The average Bonchev–Trinajstić information content (AvgIpc) is 2.48. The normalized spacial score (nSPS) is 10.1. The van der Waals surface area contributed by atoms with Crippen LogP contribution in [0, 0.1) is 0 Å². The van der Waals surface area contributed by atoms with Crippen LogP contribution in [0.1, 0.15) is 15.9 Å².